The number of hydrogen-bond donors (Lipinski definition) is 0. The molecule has 0 aliphatic carbocycles. The van der Waals surface area contributed by atoms with Gasteiger partial charge in [0.2, 0.25) is 5.78 Å². The lowest BCUT2D eigenvalue weighted by molar-refractivity contribution is 0.103. The maximum absolute atomic E-state index is 13.7. The van der Waals surface area contributed by atoms with Gasteiger partial charge in [-0.2, -0.15) is 0 Å². The highest BCUT2D eigenvalue weighted by atomic mass is 35.5. The van der Waals surface area contributed by atoms with E-state index in [1.54, 1.807) is 11.4 Å². The minimum absolute atomic E-state index is 0.0839. The molecule has 0 saturated carbocycles. The Hall–Kier alpha value is -1.39. The molecule has 2 aromatic rings. The Morgan fingerprint density at radius 3 is 2.76 bits per heavy atom. The summed E-state index contributed by atoms with van der Waals surface area (Å²) in [6, 6.07) is 5.85. The van der Waals surface area contributed by atoms with Crippen LogP contribution >= 0.6 is 22.9 Å². The number of methoxy groups -OCH3 is 1. The van der Waals surface area contributed by atoms with Gasteiger partial charge >= 0.3 is 0 Å². The number of rotatable bonds is 3. The van der Waals surface area contributed by atoms with Crippen molar-refractivity contribution < 1.29 is 13.9 Å². The van der Waals surface area contributed by atoms with Crippen LogP contribution in [0.2, 0.25) is 5.02 Å². The lowest BCUT2D eigenvalue weighted by Crippen LogP contribution is -2.05. The molecule has 0 aliphatic heterocycles. The van der Waals surface area contributed by atoms with Crippen molar-refractivity contribution in [3.05, 3.63) is 50.9 Å². The number of benzene rings is 1. The van der Waals surface area contributed by atoms with E-state index in [1.807, 2.05) is 0 Å². The zero-order chi connectivity index (χ0) is 12.4. The summed E-state index contributed by atoms with van der Waals surface area (Å²) in [6.07, 6.45) is 0. The van der Waals surface area contributed by atoms with Crippen molar-refractivity contribution in [1.29, 1.82) is 0 Å². The fraction of sp³-hybridized carbons (Fsp3) is 0.0833. The van der Waals surface area contributed by atoms with E-state index in [-0.39, 0.29) is 11.3 Å². The normalized spacial score (nSPS) is 10.3. The van der Waals surface area contributed by atoms with E-state index in [9.17, 15) is 9.18 Å². The number of carbonyl (C=O) groups excluding carboxylic acids is 1. The molecule has 88 valence electrons. The minimum Gasteiger partial charge on any atom is -0.496 e. The van der Waals surface area contributed by atoms with Crippen LogP contribution < -0.4 is 4.74 Å². The zero-order valence-electron chi connectivity index (χ0n) is 8.87. The Labute approximate surface area is 107 Å². The van der Waals surface area contributed by atoms with Crippen LogP contribution in [-0.4, -0.2) is 12.9 Å². The highest BCUT2D eigenvalue weighted by Crippen LogP contribution is 2.30. The van der Waals surface area contributed by atoms with Crippen molar-refractivity contribution >= 4 is 28.7 Å². The van der Waals surface area contributed by atoms with E-state index in [0.29, 0.717) is 9.90 Å². The SMILES string of the molecule is COc1cccc(F)c1C(=O)c1sccc1Cl. The van der Waals surface area contributed by atoms with Crippen molar-refractivity contribution in [3.8, 4) is 5.75 Å². The second-order valence-corrected chi connectivity index (χ2v) is 4.57. The predicted molar refractivity (Wildman–Crippen MR) is 65.7 cm³/mol. The standard InChI is InChI=1S/C12H8ClFO2S/c1-16-9-4-2-3-8(14)10(9)11(15)12-7(13)5-6-17-12/h2-6H,1H3. The maximum atomic E-state index is 13.7. The largest absolute Gasteiger partial charge is 0.496 e. The molecule has 0 saturated heterocycles. The third-order valence-electron chi connectivity index (χ3n) is 2.25. The molecule has 0 radical (unpaired) electrons. The van der Waals surface area contributed by atoms with Crippen molar-refractivity contribution in [1.82, 2.24) is 0 Å². The fourth-order valence-electron chi connectivity index (χ4n) is 1.46. The molecular weight excluding hydrogens is 263 g/mol. The summed E-state index contributed by atoms with van der Waals surface area (Å²) in [5.74, 6) is -0.863. The Balaban J connectivity index is 2.55. The molecule has 2 nitrogen and oxygen atoms in total. The first kappa shape index (κ1) is 12.1. The molecule has 1 heterocycles. The number of carbonyl (C=O) groups is 1. The molecule has 0 amide bonds. The van der Waals surface area contributed by atoms with Crippen LogP contribution in [0.5, 0.6) is 5.75 Å². The number of hydrogen-bond acceptors (Lipinski definition) is 3. The first-order chi connectivity index (χ1) is 8.15. The summed E-state index contributed by atoms with van der Waals surface area (Å²) >= 11 is 7.04. The van der Waals surface area contributed by atoms with Gasteiger partial charge in [-0.1, -0.05) is 17.7 Å². The smallest absolute Gasteiger partial charge is 0.211 e. The summed E-state index contributed by atoms with van der Waals surface area (Å²) < 4.78 is 18.7. The second-order valence-electron chi connectivity index (χ2n) is 3.24. The van der Waals surface area contributed by atoms with Gasteiger partial charge in [-0.25, -0.2) is 4.39 Å². The van der Waals surface area contributed by atoms with Crippen LogP contribution in [0.25, 0.3) is 0 Å². The van der Waals surface area contributed by atoms with E-state index in [2.05, 4.69) is 0 Å². The molecule has 2 rings (SSSR count). The van der Waals surface area contributed by atoms with E-state index in [4.69, 9.17) is 16.3 Å². The molecule has 5 heteroatoms. The Bertz CT molecular complexity index is 565. The third-order valence-corrected chi connectivity index (χ3v) is 3.59. The molecule has 0 bridgehead atoms. The Morgan fingerprint density at radius 1 is 1.41 bits per heavy atom. The summed E-state index contributed by atoms with van der Waals surface area (Å²) in [5, 5.41) is 2.01. The van der Waals surface area contributed by atoms with Gasteiger partial charge in [-0.3, -0.25) is 4.79 Å². The monoisotopic (exact) mass is 270 g/mol. The van der Waals surface area contributed by atoms with Crippen molar-refractivity contribution in [3.63, 3.8) is 0 Å². The van der Waals surface area contributed by atoms with Crippen LogP contribution in [0.3, 0.4) is 0 Å². The van der Waals surface area contributed by atoms with Crippen molar-refractivity contribution in [2.24, 2.45) is 0 Å². The van der Waals surface area contributed by atoms with Gasteiger partial charge in [0.15, 0.2) is 0 Å². The highest BCUT2D eigenvalue weighted by Gasteiger charge is 2.22. The molecular formula is C12H8ClFO2S. The molecule has 0 aliphatic rings. The highest BCUT2D eigenvalue weighted by molar-refractivity contribution is 7.13. The molecule has 17 heavy (non-hydrogen) atoms. The molecule has 1 aromatic carbocycles. The van der Waals surface area contributed by atoms with Gasteiger partial charge in [0.25, 0.3) is 0 Å². The van der Waals surface area contributed by atoms with Gasteiger partial charge in [0.05, 0.1) is 17.0 Å². The van der Waals surface area contributed by atoms with Crippen LogP contribution in [-0.2, 0) is 0 Å². The van der Waals surface area contributed by atoms with Crippen LogP contribution in [0.1, 0.15) is 15.2 Å². The molecule has 1 aromatic heterocycles. The van der Waals surface area contributed by atoms with E-state index in [1.165, 1.54) is 36.6 Å². The van der Waals surface area contributed by atoms with Gasteiger partial charge in [-0.15, -0.1) is 11.3 Å². The van der Waals surface area contributed by atoms with Crippen LogP contribution in [0.15, 0.2) is 29.6 Å². The molecule has 0 spiro atoms. The first-order valence-corrected chi connectivity index (χ1v) is 6.01. The van der Waals surface area contributed by atoms with Gasteiger partial charge in [0, 0.05) is 0 Å². The van der Waals surface area contributed by atoms with Crippen LogP contribution in [0.4, 0.5) is 4.39 Å². The number of ether oxygens (including phenoxy) is 1. The molecule has 0 unspecified atom stereocenters. The van der Waals surface area contributed by atoms with Crippen molar-refractivity contribution in [2.75, 3.05) is 7.11 Å². The summed E-state index contributed by atoms with van der Waals surface area (Å²) in [4.78, 5) is 12.4. The van der Waals surface area contributed by atoms with E-state index in [0.717, 1.165) is 0 Å². The number of halogens is 2. The topological polar surface area (TPSA) is 26.3 Å². The summed E-state index contributed by atoms with van der Waals surface area (Å²) in [7, 11) is 1.39. The number of ketones is 1. The third kappa shape index (κ3) is 2.18. The second kappa shape index (κ2) is 4.85. The first-order valence-electron chi connectivity index (χ1n) is 4.75. The minimum atomic E-state index is -0.612. The average Bonchev–Trinajstić information content (AvgIpc) is 2.74. The zero-order valence-corrected chi connectivity index (χ0v) is 10.4. The van der Waals surface area contributed by atoms with Crippen LogP contribution in [0, 0.1) is 5.82 Å². The Morgan fingerprint density at radius 2 is 2.18 bits per heavy atom. The molecule has 0 atom stereocenters. The van der Waals surface area contributed by atoms with E-state index >= 15 is 0 Å². The van der Waals surface area contributed by atoms with Gasteiger partial charge < -0.3 is 4.74 Å². The molecule has 0 N–H and O–H groups in total. The number of thiophene rings is 1. The Kier molecular flexibility index (Phi) is 3.45. The lowest BCUT2D eigenvalue weighted by atomic mass is 10.1. The molecule has 0 fully saturated rings. The van der Waals surface area contributed by atoms with E-state index < -0.39 is 11.6 Å². The quantitative estimate of drug-likeness (QED) is 0.794. The van der Waals surface area contributed by atoms with Gasteiger partial charge in [-0.05, 0) is 23.6 Å². The van der Waals surface area contributed by atoms with Crippen molar-refractivity contribution in [2.45, 2.75) is 0 Å². The predicted octanol–water partition coefficient (Wildman–Crippen LogP) is 3.78. The van der Waals surface area contributed by atoms with Gasteiger partial charge in [0.1, 0.15) is 17.1 Å². The summed E-state index contributed by atoms with van der Waals surface area (Å²) in [6.45, 7) is 0. The average molecular weight is 271 g/mol. The maximum Gasteiger partial charge on any atom is 0.211 e. The summed E-state index contributed by atoms with van der Waals surface area (Å²) in [5.41, 5.74) is -0.0839. The lowest BCUT2D eigenvalue weighted by Gasteiger charge is -2.07. The fourth-order valence-corrected chi connectivity index (χ4v) is 2.55.